The molecule has 1 heterocycles. The van der Waals surface area contributed by atoms with Crippen LogP contribution in [0.15, 0.2) is 30.0 Å². The Morgan fingerprint density at radius 1 is 1.23 bits per heavy atom. The van der Waals surface area contributed by atoms with Gasteiger partial charge in [0.15, 0.2) is 0 Å². The van der Waals surface area contributed by atoms with Gasteiger partial charge < -0.3 is 24.2 Å². The molecule has 7 nitrogen and oxygen atoms in total. The number of carbonyl (C=O) groups excluding carboxylic acids is 1. The molecule has 0 aliphatic heterocycles. The number of esters is 1. The summed E-state index contributed by atoms with van der Waals surface area (Å²) in [5.41, 5.74) is 0.281. The van der Waals surface area contributed by atoms with Gasteiger partial charge in [-0.1, -0.05) is 6.07 Å². The molecule has 1 aromatic heterocycles. The highest BCUT2D eigenvalue weighted by molar-refractivity contribution is 7.19. The summed E-state index contributed by atoms with van der Waals surface area (Å²) in [6.07, 6.45) is 1.57. The minimum Gasteiger partial charge on any atom is -0.465 e. The van der Waals surface area contributed by atoms with Crippen LogP contribution in [0.25, 0.3) is 21.0 Å². The number of thiophene rings is 1. The second-order valence-corrected chi connectivity index (χ2v) is 8.95. The van der Waals surface area contributed by atoms with Crippen molar-refractivity contribution < 1.29 is 24.1 Å². The van der Waals surface area contributed by atoms with Crippen LogP contribution in [-0.2, 0) is 19.0 Å². The number of hydrogen-bond donors (Lipinski definition) is 1. The molecule has 0 atom stereocenters. The van der Waals surface area contributed by atoms with Gasteiger partial charge in [0.05, 0.1) is 33.0 Å². The molecule has 1 aromatic carbocycles. The molecule has 0 unspecified atom stereocenters. The minimum absolute atomic E-state index is 0.0405. The Morgan fingerprint density at radius 2 is 2.00 bits per heavy atom. The predicted octanol–water partition coefficient (Wildman–Crippen LogP) is 3.96. The van der Waals surface area contributed by atoms with Crippen molar-refractivity contribution in [3.05, 3.63) is 46.3 Å². The largest absolute Gasteiger partial charge is 0.465 e. The maximum Gasteiger partial charge on any atom is 0.336 e. The number of aliphatic hydroxyl groups is 1. The highest BCUT2D eigenvalue weighted by Gasteiger charge is 2.20. The van der Waals surface area contributed by atoms with E-state index in [1.807, 2.05) is 24.3 Å². The number of rotatable bonds is 11. The standard InChI is InChI=1S/C23H30N2O5S/c1-23(2,3)30-22(27)20(24-4)16-19-14-17-6-7-18(15-21(17)31-19)25(8-10-26)9-11-29-13-12-28-5/h6-7,14-16,26H,8-13H2,1-3,5H3/b20-16-. The van der Waals surface area contributed by atoms with Crippen LogP contribution in [0.2, 0.25) is 0 Å². The van der Waals surface area contributed by atoms with Crippen LogP contribution in [0.1, 0.15) is 25.6 Å². The van der Waals surface area contributed by atoms with Gasteiger partial charge in [-0.15, -0.1) is 11.3 Å². The van der Waals surface area contributed by atoms with Crippen molar-refractivity contribution in [2.24, 2.45) is 0 Å². The van der Waals surface area contributed by atoms with Gasteiger partial charge >= 0.3 is 5.97 Å². The van der Waals surface area contributed by atoms with Crippen LogP contribution in [0.3, 0.4) is 0 Å². The molecule has 31 heavy (non-hydrogen) atoms. The quantitative estimate of drug-likeness (QED) is 0.244. The van der Waals surface area contributed by atoms with E-state index < -0.39 is 11.6 Å². The number of hydrogen-bond acceptors (Lipinski definition) is 7. The van der Waals surface area contributed by atoms with Crippen LogP contribution in [-0.4, -0.2) is 63.3 Å². The summed E-state index contributed by atoms with van der Waals surface area (Å²) in [6, 6.07) is 7.99. The van der Waals surface area contributed by atoms with E-state index in [0.717, 1.165) is 20.7 Å². The maximum atomic E-state index is 12.2. The Bertz CT molecular complexity index is 940. The van der Waals surface area contributed by atoms with Gasteiger partial charge in [0.2, 0.25) is 0 Å². The third-order valence-corrected chi connectivity index (χ3v) is 5.25. The number of anilines is 1. The maximum absolute atomic E-state index is 12.2. The molecule has 0 aliphatic rings. The van der Waals surface area contributed by atoms with Crippen LogP contribution >= 0.6 is 11.3 Å². The fourth-order valence-electron chi connectivity index (χ4n) is 2.82. The first-order valence-corrected chi connectivity index (χ1v) is 10.9. The first-order valence-electron chi connectivity index (χ1n) is 10.1. The molecule has 0 radical (unpaired) electrons. The van der Waals surface area contributed by atoms with Crippen LogP contribution in [0.5, 0.6) is 0 Å². The van der Waals surface area contributed by atoms with Crippen molar-refractivity contribution in [2.75, 3.05) is 51.5 Å². The highest BCUT2D eigenvalue weighted by Crippen LogP contribution is 2.31. The smallest absolute Gasteiger partial charge is 0.336 e. The van der Waals surface area contributed by atoms with Gasteiger partial charge in [-0.05, 0) is 50.4 Å². The Labute approximate surface area is 187 Å². The second kappa shape index (κ2) is 11.8. The van der Waals surface area contributed by atoms with Gasteiger partial charge in [-0.25, -0.2) is 4.85 Å². The average molecular weight is 447 g/mol. The van der Waals surface area contributed by atoms with Crippen LogP contribution in [0.4, 0.5) is 5.69 Å². The second-order valence-electron chi connectivity index (χ2n) is 7.83. The number of benzene rings is 1. The summed E-state index contributed by atoms with van der Waals surface area (Å²) in [5.74, 6) is -0.622. The fourth-order valence-corrected chi connectivity index (χ4v) is 3.85. The first kappa shape index (κ1) is 24.8. The van der Waals surface area contributed by atoms with Gasteiger partial charge in [-0.2, -0.15) is 0 Å². The Balaban J connectivity index is 2.19. The summed E-state index contributed by atoms with van der Waals surface area (Å²) in [7, 11) is 1.63. The lowest BCUT2D eigenvalue weighted by Gasteiger charge is -2.24. The van der Waals surface area contributed by atoms with E-state index in [1.165, 1.54) is 11.3 Å². The van der Waals surface area contributed by atoms with Gasteiger partial charge in [0.1, 0.15) is 5.60 Å². The van der Waals surface area contributed by atoms with E-state index in [0.29, 0.717) is 32.9 Å². The monoisotopic (exact) mass is 446 g/mol. The van der Waals surface area contributed by atoms with Crippen molar-refractivity contribution in [1.29, 1.82) is 0 Å². The van der Waals surface area contributed by atoms with E-state index in [2.05, 4.69) is 9.74 Å². The molecular weight excluding hydrogens is 416 g/mol. The molecule has 1 N–H and O–H groups in total. The lowest BCUT2D eigenvalue weighted by molar-refractivity contribution is -0.149. The molecule has 0 aliphatic carbocycles. The molecule has 2 rings (SSSR count). The molecule has 168 valence electrons. The van der Waals surface area contributed by atoms with Crippen molar-refractivity contribution in [3.63, 3.8) is 0 Å². The molecular formula is C23H30N2O5S. The van der Waals surface area contributed by atoms with Gasteiger partial charge in [0, 0.05) is 35.5 Å². The molecule has 0 saturated heterocycles. The van der Waals surface area contributed by atoms with Crippen molar-refractivity contribution in [3.8, 4) is 0 Å². The Hall–Kier alpha value is -2.44. The van der Waals surface area contributed by atoms with Crippen LogP contribution < -0.4 is 4.90 Å². The SMILES string of the molecule is [C-]#[N+]/C(=C\c1cc2ccc(N(CCO)CCOCCOC)cc2s1)C(=O)OC(C)(C)C. The summed E-state index contributed by atoms with van der Waals surface area (Å²) < 4.78 is 16.9. The van der Waals surface area contributed by atoms with Crippen LogP contribution in [0, 0.1) is 6.57 Å². The summed E-state index contributed by atoms with van der Waals surface area (Å²) in [5, 5.41) is 10.5. The normalized spacial score (nSPS) is 12.1. The lowest BCUT2D eigenvalue weighted by Crippen LogP contribution is -2.30. The van der Waals surface area contributed by atoms with Gasteiger partial charge in [-0.3, -0.25) is 4.79 Å². The number of fused-ring (bicyclic) bond motifs is 1. The van der Waals surface area contributed by atoms with E-state index in [-0.39, 0.29) is 12.3 Å². The van der Waals surface area contributed by atoms with Crippen molar-refractivity contribution >= 4 is 39.2 Å². The van der Waals surface area contributed by atoms with Crippen molar-refractivity contribution in [1.82, 2.24) is 0 Å². The number of nitrogens with zero attached hydrogens (tertiary/aromatic N) is 2. The fraction of sp³-hybridized carbons (Fsp3) is 0.478. The predicted molar refractivity (Wildman–Crippen MR) is 124 cm³/mol. The summed E-state index contributed by atoms with van der Waals surface area (Å²) in [6.45, 7) is 15.4. The average Bonchev–Trinajstić information content (AvgIpc) is 3.11. The van der Waals surface area contributed by atoms with Gasteiger partial charge in [0.25, 0.3) is 5.70 Å². The first-order chi connectivity index (χ1) is 14.8. The number of carbonyl (C=O) groups is 1. The third kappa shape index (κ3) is 7.96. The molecule has 0 spiro atoms. The lowest BCUT2D eigenvalue weighted by atomic mass is 10.2. The Morgan fingerprint density at radius 3 is 2.65 bits per heavy atom. The molecule has 0 bridgehead atoms. The molecule has 0 amide bonds. The molecule has 0 saturated carbocycles. The van der Waals surface area contributed by atoms with E-state index in [9.17, 15) is 9.90 Å². The van der Waals surface area contributed by atoms with Crippen molar-refractivity contribution in [2.45, 2.75) is 26.4 Å². The third-order valence-electron chi connectivity index (χ3n) is 4.20. The van der Waals surface area contributed by atoms with E-state index >= 15 is 0 Å². The zero-order valence-corrected chi connectivity index (χ0v) is 19.3. The zero-order chi connectivity index (χ0) is 22.9. The zero-order valence-electron chi connectivity index (χ0n) is 18.5. The number of aliphatic hydroxyl groups excluding tert-OH is 1. The number of methoxy groups -OCH3 is 1. The summed E-state index contributed by atoms with van der Waals surface area (Å²) >= 11 is 1.50. The van der Waals surface area contributed by atoms with E-state index in [4.69, 9.17) is 20.8 Å². The molecule has 8 heteroatoms. The number of ether oxygens (including phenoxy) is 3. The highest BCUT2D eigenvalue weighted by atomic mass is 32.1. The minimum atomic E-state index is -0.653. The summed E-state index contributed by atoms with van der Waals surface area (Å²) in [4.78, 5) is 18.5. The topological polar surface area (TPSA) is 72.6 Å². The molecule has 2 aromatic rings. The van der Waals surface area contributed by atoms with E-state index in [1.54, 1.807) is 34.0 Å². The molecule has 0 fully saturated rings. The Kier molecular flexibility index (Phi) is 9.46.